The lowest BCUT2D eigenvalue weighted by atomic mass is 10.0. The second kappa shape index (κ2) is 18.2. The first-order valence-corrected chi connectivity index (χ1v) is 20.2. The zero-order valence-corrected chi connectivity index (χ0v) is 34.7. The summed E-state index contributed by atoms with van der Waals surface area (Å²) in [6.45, 7) is 16.5. The molecule has 0 amide bonds. The number of halogens is 5. The average molecular weight is 861 g/mol. The minimum absolute atomic E-state index is 0.115. The molecule has 10 nitrogen and oxygen atoms in total. The summed E-state index contributed by atoms with van der Waals surface area (Å²) in [7, 11) is 0. The molecule has 316 valence electrons. The maximum atomic E-state index is 15.5. The monoisotopic (exact) mass is 860 g/mol. The maximum Gasteiger partial charge on any atom is 0.152 e. The van der Waals surface area contributed by atoms with Gasteiger partial charge in [-0.25, -0.2) is 32.5 Å². The normalized spacial score (nSPS) is 14.1. The van der Waals surface area contributed by atoms with Gasteiger partial charge < -0.3 is 24.6 Å². The van der Waals surface area contributed by atoms with E-state index >= 15 is 4.39 Å². The van der Waals surface area contributed by atoms with E-state index in [1.807, 2.05) is 31.3 Å². The molecule has 2 aromatic carbocycles. The Bertz CT molecular complexity index is 2850. The topological polar surface area (TPSA) is 101 Å². The second-order valence-corrected chi connectivity index (χ2v) is 15.0. The van der Waals surface area contributed by atoms with Crippen molar-refractivity contribution in [3.05, 3.63) is 137 Å². The number of hydrogen-bond acceptors (Lipinski definition) is 10. The SMILES string of the molecule is C=Cc1ccnc(-c2nc3cc(F)cc(F)c3c(Cl)c2C)c1.C=Cc1ccnc(-c2nc3cc(F)cc(F)c3c(Nc3cc(N4CCOCC4)cnc3N3CCOCC3)c2C)c1. The third-order valence-corrected chi connectivity index (χ3v) is 11.2. The van der Waals surface area contributed by atoms with E-state index in [1.165, 1.54) is 6.07 Å². The molecule has 7 aromatic rings. The van der Waals surface area contributed by atoms with Crippen molar-refractivity contribution in [3.63, 3.8) is 0 Å². The number of pyridine rings is 5. The number of rotatable bonds is 8. The quantitative estimate of drug-likeness (QED) is 0.149. The van der Waals surface area contributed by atoms with Crippen LogP contribution in [0.2, 0.25) is 5.02 Å². The molecule has 0 spiro atoms. The van der Waals surface area contributed by atoms with E-state index in [0.717, 1.165) is 53.9 Å². The second-order valence-electron chi connectivity index (χ2n) is 14.7. The first kappa shape index (κ1) is 42.2. The molecule has 0 bridgehead atoms. The fraction of sp³-hybridized carbons (Fsp3) is 0.213. The Labute approximate surface area is 360 Å². The Kier molecular flexibility index (Phi) is 12.4. The van der Waals surface area contributed by atoms with Gasteiger partial charge in [-0.05, 0) is 60.9 Å². The van der Waals surface area contributed by atoms with Crippen LogP contribution in [0, 0.1) is 37.1 Å². The van der Waals surface area contributed by atoms with Gasteiger partial charge in [0.05, 0.1) is 99.3 Å². The van der Waals surface area contributed by atoms with Crippen LogP contribution < -0.4 is 15.1 Å². The molecule has 2 aliphatic heterocycles. The Balaban J connectivity index is 0.000000203. The van der Waals surface area contributed by atoms with Crippen LogP contribution >= 0.6 is 11.6 Å². The van der Waals surface area contributed by atoms with Crippen molar-refractivity contribution in [2.24, 2.45) is 0 Å². The minimum atomic E-state index is -0.727. The molecule has 2 fully saturated rings. The highest BCUT2D eigenvalue weighted by Crippen LogP contribution is 2.40. The van der Waals surface area contributed by atoms with Gasteiger partial charge in [0.1, 0.15) is 23.3 Å². The molecule has 5 aromatic heterocycles. The van der Waals surface area contributed by atoms with E-state index < -0.39 is 23.3 Å². The van der Waals surface area contributed by atoms with Crippen molar-refractivity contribution in [1.29, 1.82) is 0 Å². The molecular formula is C47H41ClF4N8O2. The summed E-state index contributed by atoms with van der Waals surface area (Å²) in [5, 5.41) is 4.03. The van der Waals surface area contributed by atoms with Crippen LogP contribution in [0.3, 0.4) is 0 Å². The highest BCUT2D eigenvalue weighted by Gasteiger charge is 2.24. The highest BCUT2D eigenvalue weighted by molar-refractivity contribution is 6.36. The molecule has 0 atom stereocenters. The first-order valence-electron chi connectivity index (χ1n) is 19.9. The number of nitrogens with zero attached hydrogens (tertiary/aromatic N) is 7. The van der Waals surface area contributed by atoms with Crippen LogP contribution in [0.15, 0.2) is 86.3 Å². The molecule has 0 radical (unpaired) electrons. The lowest BCUT2D eigenvalue weighted by Gasteiger charge is -2.32. The number of morpholine rings is 2. The number of aromatic nitrogens is 5. The maximum absolute atomic E-state index is 15.5. The molecule has 15 heteroatoms. The first-order chi connectivity index (χ1) is 30.0. The zero-order chi connectivity index (χ0) is 43.5. The van der Waals surface area contributed by atoms with Gasteiger partial charge in [-0.3, -0.25) is 9.97 Å². The molecule has 0 aliphatic carbocycles. The van der Waals surface area contributed by atoms with Gasteiger partial charge in [0.15, 0.2) is 5.82 Å². The number of hydrogen-bond donors (Lipinski definition) is 1. The van der Waals surface area contributed by atoms with Crippen molar-refractivity contribution >= 4 is 68.4 Å². The molecule has 7 heterocycles. The summed E-state index contributed by atoms with van der Waals surface area (Å²) in [6, 6.07) is 13.4. The summed E-state index contributed by atoms with van der Waals surface area (Å²) >= 11 is 6.26. The summed E-state index contributed by atoms with van der Waals surface area (Å²) < 4.78 is 68.3. The Hall–Kier alpha value is -6.48. The minimum Gasteiger partial charge on any atom is -0.378 e. The van der Waals surface area contributed by atoms with Crippen LogP contribution in [-0.2, 0) is 9.47 Å². The van der Waals surface area contributed by atoms with Crippen molar-refractivity contribution in [3.8, 4) is 22.8 Å². The summed E-state index contributed by atoms with van der Waals surface area (Å²) in [5.74, 6) is -2.08. The summed E-state index contributed by atoms with van der Waals surface area (Å²) in [4.78, 5) is 27.0. The molecule has 0 unspecified atom stereocenters. The van der Waals surface area contributed by atoms with Crippen LogP contribution in [-0.4, -0.2) is 77.5 Å². The molecule has 0 saturated carbocycles. The standard InChI is InChI=1S/C30H30F2N6O2.C17H11ClF2N2/c1-3-20-4-5-33-25(14-20)28-19(2)29(27-23(32)15-21(31)16-24(27)35-28)36-26-17-22(37-6-10-39-11-7-37)18-34-30(26)38-8-12-40-13-9-38;1-3-10-4-5-21-14(6-10)17-9(2)16(18)15-12(20)7-11(19)8-13(15)22-17/h3-5,14-18H,1,6-13H2,2H3,(H,35,36);3-8H,1H2,2H3. The summed E-state index contributed by atoms with van der Waals surface area (Å²) in [6.07, 6.45) is 8.56. The third-order valence-electron chi connectivity index (χ3n) is 10.7. The molecule has 62 heavy (non-hydrogen) atoms. The molecule has 2 saturated heterocycles. The van der Waals surface area contributed by atoms with Gasteiger partial charge in [-0.15, -0.1) is 0 Å². The lowest BCUT2D eigenvalue weighted by molar-refractivity contribution is 0.122. The number of anilines is 4. The molecule has 2 aliphatic rings. The van der Waals surface area contributed by atoms with E-state index in [1.54, 1.807) is 43.6 Å². The fourth-order valence-corrected chi connectivity index (χ4v) is 7.80. The van der Waals surface area contributed by atoms with E-state index in [4.69, 9.17) is 26.1 Å². The van der Waals surface area contributed by atoms with Gasteiger partial charge in [-0.1, -0.05) is 36.9 Å². The van der Waals surface area contributed by atoms with Crippen molar-refractivity contribution in [2.75, 3.05) is 67.7 Å². The van der Waals surface area contributed by atoms with Gasteiger partial charge in [0, 0.05) is 68.4 Å². The molecular weight excluding hydrogens is 820 g/mol. The summed E-state index contributed by atoms with van der Waals surface area (Å²) in [5.41, 5.74) is 7.65. The van der Waals surface area contributed by atoms with E-state index in [0.29, 0.717) is 84.8 Å². The van der Waals surface area contributed by atoms with Crippen molar-refractivity contribution < 1.29 is 27.0 Å². The van der Waals surface area contributed by atoms with E-state index in [-0.39, 0.29) is 26.8 Å². The molecule has 9 rings (SSSR count). The van der Waals surface area contributed by atoms with Crippen LogP contribution in [0.1, 0.15) is 22.3 Å². The fourth-order valence-electron chi connectivity index (χ4n) is 7.52. The average Bonchev–Trinajstić information content (AvgIpc) is 3.29. The highest BCUT2D eigenvalue weighted by atomic mass is 35.5. The van der Waals surface area contributed by atoms with Crippen LogP contribution in [0.5, 0.6) is 0 Å². The Morgan fingerprint density at radius 1 is 0.661 bits per heavy atom. The van der Waals surface area contributed by atoms with E-state index in [2.05, 4.69) is 48.2 Å². The lowest BCUT2D eigenvalue weighted by Crippen LogP contribution is -2.38. The molecule has 1 N–H and O–H groups in total. The number of ether oxygens (including phenoxy) is 2. The van der Waals surface area contributed by atoms with Gasteiger partial charge in [-0.2, -0.15) is 0 Å². The van der Waals surface area contributed by atoms with Crippen LogP contribution in [0.25, 0.3) is 56.7 Å². The van der Waals surface area contributed by atoms with Gasteiger partial charge >= 0.3 is 0 Å². The Morgan fingerprint density at radius 2 is 1.18 bits per heavy atom. The Morgan fingerprint density at radius 3 is 1.74 bits per heavy atom. The predicted octanol–water partition coefficient (Wildman–Crippen LogP) is 10.5. The zero-order valence-electron chi connectivity index (χ0n) is 34.0. The number of fused-ring (bicyclic) bond motifs is 2. The number of nitrogens with one attached hydrogen (secondary N) is 1. The third kappa shape index (κ3) is 8.67. The van der Waals surface area contributed by atoms with Gasteiger partial charge in [0.25, 0.3) is 0 Å². The van der Waals surface area contributed by atoms with Crippen molar-refractivity contribution in [2.45, 2.75) is 13.8 Å². The largest absolute Gasteiger partial charge is 0.378 e. The smallest absolute Gasteiger partial charge is 0.152 e. The predicted molar refractivity (Wildman–Crippen MR) is 238 cm³/mol. The van der Waals surface area contributed by atoms with Gasteiger partial charge in [0.2, 0.25) is 0 Å². The van der Waals surface area contributed by atoms with Crippen LogP contribution in [0.4, 0.5) is 40.4 Å². The van der Waals surface area contributed by atoms with E-state index in [9.17, 15) is 13.2 Å². The number of benzene rings is 2. The van der Waals surface area contributed by atoms with Crippen molar-refractivity contribution in [1.82, 2.24) is 24.9 Å².